The van der Waals surface area contributed by atoms with Crippen molar-refractivity contribution in [2.24, 2.45) is 0 Å². The molecular formula is C18H12ClF4N3O4. The van der Waals surface area contributed by atoms with Gasteiger partial charge in [-0.2, -0.15) is 0 Å². The SMILES string of the molecule is O=C(O)NCCc1nc2cccc(Cl)c2c(=O)n1-c1cc(F)cc(OC(F)(F)F)c1. The molecule has 2 aromatic carbocycles. The van der Waals surface area contributed by atoms with Crippen molar-refractivity contribution >= 4 is 28.6 Å². The third-order valence-electron chi connectivity index (χ3n) is 3.89. The molecule has 30 heavy (non-hydrogen) atoms. The smallest absolute Gasteiger partial charge is 0.465 e. The topological polar surface area (TPSA) is 93.5 Å². The van der Waals surface area contributed by atoms with E-state index in [-0.39, 0.29) is 40.4 Å². The van der Waals surface area contributed by atoms with Crippen LogP contribution in [0.5, 0.6) is 5.75 Å². The Morgan fingerprint density at radius 1 is 1.27 bits per heavy atom. The van der Waals surface area contributed by atoms with Gasteiger partial charge in [0.15, 0.2) is 0 Å². The Hall–Kier alpha value is -3.34. The third-order valence-corrected chi connectivity index (χ3v) is 4.20. The van der Waals surface area contributed by atoms with E-state index in [2.05, 4.69) is 15.0 Å². The van der Waals surface area contributed by atoms with Gasteiger partial charge in [0.2, 0.25) is 0 Å². The largest absolute Gasteiger partial charge is 0.573 e. The minimum atomic E-state index is -5.07. The van der Waals surface area contributed by atoms with E-state index in [4.69, 9.17) is 16.7 Å². The zero-order valence-electron chi connectivity index (χ0n) is 14.8. The van der Waals surface area contributed by atoms with E-state index in [1.807, 2.05) is 0 Å². The summed E-state index contributed by atoms with van der Waals surface area (Å²) in [5.41, 5.74) is -0.865. The highest BCUT2D eigenvalue weighted by molar-refractivity contribution is 6.35. The van der Waals surface area contributed by atoms with Crippen LogP contribution in [-0.4, -0.2) is 33.7 Å². The van der Waals surface area contributed by atoms with Gasteiger partial charge in [0.25, 0.3) is 5.56 Å². The van der Waals surface area contributed by atoms with Gasteiger partial charge < -0.3 is 15.2 Å². The summed E-state index contributed by atoms with van der Waals surface area (Å²) in [6.07, 6.45) is -6.51. The van der Waals surface area contributed by atoms with Crippen molar-refractivity contribution in [1.29, 1.82) is 0 Å². The predicted octanol–water partition coefficient (Wildman–Crippen LogP) is 3.89. The van der Waals surface area contributed by atoms with Crippen molar-refractivity contribution in [3.63, 3.8) is 0 Å². The fourth-order valence-electron chi connectivity index (χ4n) is 2.82. The Labute approximate surface area is 170 Å². The van der Waals surface area contributed by atoms with Crippen LogP contribution >= 0.6 is 11.6 Å². The highest BCUT2D eigenvalue weighted by Gasteiger charge is 2.31. The van der Waals surface area contributed by atoms with Crippen LogP contribution in [-0.2, 0) is 6.42 Å². The van der Waals surface area contributed by atoms with Crippen molar-refractivity contribution < 1.29 is 32.2 Å². The monoisotopic (exact) mass is 445 g/mol. The second-order valence-electron chi connectivity index (χ2n) is 5.98. The number of nitrogens with one attached hydrogen (secondary N) is 1. The van der Waals surface area contributed by atoms with Crippen molar-refractivity contribution in [2.45, 2.75) is 12.8 Å². The van der Waals surface area contributed by atoms with Gasteiger partial charge in [-0.25, -0.2) is 14.2 Å². The second kappa shape index (κ2) is 8.19. The van der Waals surface area contributed by atoms with E-state index < -0.39 is 29.6 Å². The number of alkyl halides is 3. The van der Waals surface area contributed by atoms with Gasteiger partial charge in [-0.15, -0.1) is 13.2 Å². The number of nitrogens with zero attached hydrogens (tertiary/aromatic N) is 2. The lowest BCUT2D eigenvalue weighted by Gasteiger charge is -2.16. The Morgan fingerprint density at radius 2 is 2.00 bits per heavy atom. The molecule has 158 valence electrons. The van der Waals surface area contributed by atoms with Gasteiger partial charge in [-0.1, -0.05) is 17.7 Å². The number of fused-ring (bicyclic) bond motifs is 1. The standard InChI is InChI=1S/C18H12ClF4N3O4/c19-12-2-1-3-13-15(12)16(27)26(14(25-13)4-5-24-17(28)29)10-6-9(20)7-11(8-10)30-18(21,22)23/h1-3,6-8,24H,4-5H2,(H,28,29). The highest BCUT2D eigenvalue weighted by atomic mass is 35.5. The quantitative estimate of drug-likeness (QED) is 0.581. The van der Waals surface area contributed by atoms with E-state index in [0.717, 1.165) is 16.7 Å². The van der Waals surface area contributed by atoms with Crippen LogP contribution in [0.1, 0.15) is 5.82 Å². The number of hydrogen-bond donors (Lipinski definition) is 2. The van der Waals surface area contributed by atoms with Gasteiger partial charge in [0.05, 0.1) is 21.6 Å². The molecule has 0 aliphatic rings. The summed E-state index contributed by atoms with van der Waals surface area (Å²) in [4.78, 5) is 28.1. The van der Waals surface area contributed by atoms with Crippen LogP contribution in [0.15, 0.2) is 41.2 Å². The number of hydrogen-bond acceptors (Lipinski definition) is 4. The summed E-state index contributed by atoms with van der Waals surface area (Å²) in [6.45, 7) is -0.158. The Morgan fingerprint density at radius 3 is 2.67 bits per heavy atom. The zero-order valence-corrected chi connectivity index (χ0v) is 15.6. The average molecular weight is 446 g/mol. The maximum Gasteiger partial charge on any atom is 0.573 e. The van der Waals surface area contributed by atoms with Crippen molar-refractivity contribution in [2.75, 3.05) is 6.54 Å². The van der Waals surface area contributed by atoms with Crippen LogP contribution in [0, 0.1) is 5.82 Å². The molecule has 0 aliphatic heterocycles. The molecule has 1 amide bonds. The van der Waals surface area contributed by atoms with Crippen molar-refractivity contribution in [3.8, 4) is 11.4 Å². The molecule has 3 aromatic rings. The molecule has 0 atom stereocenters. The lowest BCUT2D eigenvalue weighted by Crippen LogP contribution is -2.29. The summed E-state index contributed by atoms with van der Waals surface area (Å²) in [6, 6.07) is 6.60. The summed E-state index contributed by atoms with van der Waals surface area (Å²) in [7, 11) is 0. The maximum atomic E-state index is 14.0. The number of carbonyl (C=O) groups is 1. The fraction of sp³-hybridized carbons (Fsp3) is 0.167. The summed E-state index contributed by atoms with van der Waals surface area (Å²) < 4.78 is 56.3. The molecule has 2 N–H and O–H groups in total. The van der Waals surface area contributed by atoms with Crippen molar-refractivity contribution in [3.05, 3.63) is 63.4 Å². The molecule has 12 heteroatoms. The lowest BCUT2D eigenvalue weighted by atomic mass is 10.2. The molecule has 0 aliphatic carbocycles. The molecule has 0 saturated heterocycles. The second-order valence-corrected chi connectivity index (χ2v) is 6.38. The molecule has 1 heterocycles. The Kier molecular flexibility index (Phi) is 5.83. The summed E-state index contributed by atoms with van der Waals surface area (Å²) >= 11 is 6.08. The number of amides is 1. The zero-order chi connectivity index (χ0) is 22.1. The van der Waals surface area contributed by atoms with Gasteiger partial charge in [-0.3, -0.25) is 9.36 Å². The fourth-order valence-corrected chi connectivity index (χ4v) is 3.07. The van der Waals surface area contributed by atoms with Crippen LogP contribution < -0.4 is 15.6 Å². The maximum absolute atomic E-state index is 14.0. The van der Waals surface area contributed by atoms with Crippen LogP contribution in [0.2, 0.25) is 5.02 Å². The van der Waals surface area contributed by atoms with Crippen LogP contribution in [0.3, 0.4) is 0 Å². The molecule has 3 rings (SSSR count). The number of aromatic nitrogens is 2. The number of benzene rings is 2. The molecule has 0 radical (unpaired) electrons. The molecule has 0 saturated carbocycles. The van der Waals surface area contributed by atoms with Gasteiger partial charge in [0, 0.05) is 25.1 Å². The van der Waals surface area contributed by atoms with E-state index in [1.165, 1.54) is 18.2 Å². The third kappa shape index (κ3) is 4.79. The highest BCUT2D eigenvalue weighted by Crippen LogP contribution is 2.27. The normalized spacial score (nSPS) is 11.5. The summed E-state index contributed by atoms with van der Waals surface area (Å²) in [5.74, 6) is -1.99. The molecule has 0 bridgehead atoms. The minimum Gasteiger partial charge on any atom is -0.465 e. The molecule has 0 spiro atoms. The van der Waals surface area contributed by atoms with E-state index >= 15 is 0 Å². The lowest BCUT2D eigenvalue weighted by molar-refractivity contribution is -0.274. The molecule has 0 unspecified atom stereocenters. The van der Waals surface area contributed by atoms with E-state index in [0.29, 0.717) is 6.07 Å². The Bertz CT molecular complexity index is 1180. The van der Waals surface area contributed by atoms with Crippen LogP contribution in [0.25, 0.3) is 16.6 Å². The van der Waals surface area contributed by atoms with E-state index in [9.17, 15) is 27.2 Å². The number of rotatable bonds is 5. The van der Waals surface area contributed by atoms with Gasteiger partial charge >= 0.3 is 12.5 Å². The van der Waals surface area contributed by atoms with Crippen molar-refractivity contribution in [1.82, 2.24) is 14.9 Å². The molecule has 1 aromatic heterocycles. The van der Waals surface area contributed by atoms with Crippen LogP contribution in [0.4, 0.5) is 22.4 Å². The molecule has 7 nitrogen and oxygen atoms in total. The first-order valence-electron chi connectivity index (χ1n) is 8.29. The average Bonchev–Trinajstić information content (AvgIpc) is 2.59. The van der Waals surface area contributed by atoms with Gasteiger partial charge in [0.1, 0.15) is 17.4 Å². The number of halogens is 5. The molecular weight excluding hydrogens is 434 g/mol. The Balaban J connectivity index is 2.22. The number of carboxylic acid groups (broad SMARTS) is 1. The van der Waals surface area contributed by atoms with Gasteiger partial charge in [-0.05, 0) is 18.2 Å². The first kappa shape index (κ1) is 21.4. The first-order valence-corrected chi connectivity index (χ1v) is 8.66. The first-order chi connectivity index (χ1) is 14.0. The number of ether oxygens (including phenoxy) is 1. The molecule has 0 fully saturated rings. The predicted molar refractivity (Wildman–Crippen MR) is 98.7 cm³/mol. The van der Waals surface area contributed by atoms with E-state index in [1.54, 1.807) is 0 Å². The summed E-state index contributed by atoms with van der Waals surface area (Å²) in [5, 5.41) is 10.8. The minimum absolute atomic E-state index is 0.0212.